The number of esters is 1. The molecule has 0 fully saturated rings. The van der Waals surface area contributed by atoms with Crippen LogP contribution in [0, 0.1) is 30.6 Å². The molecule has 26 nitrogen and oxygen atoms in total. The minimum Gasteiger partial charge on any atom is -0.425 e. The highest BCUT2D eigenvalue weighted by atomic mass is 32.2. The van der Waals surface area contributed by atoms with E-state index < -0.39 is 10.0 Å². The Morgan fingerprint density at radius 2 is 1.10 bits per heavy atom. The van der Waals surface area contributed by atoms with Gasteiger partial charge in [0.05, 0.1) is 48.9 Å². The first kappa shape index (κ1) is 88.8. The van der Waals surface area contributed by atoms with E-state index in [1.165, 1.54) is 11.8 Å². The highest BCUT2D eigenvalue weighted by molar-refractivity contribution is 7.88. The predicted molar refractivity (Wildman–Crippen MR) is 376 cm³/mol. The monoisotopic (exact) mass is 1330 g/mol. The molecule has 1 aliphatic rings. The van der Waals surface area contributed by atoms with Crippen molar-refractivity contribution in [3.8, 4) is 0 Å². The Morgan fingerprint density at radius 3 is 1.30 bits per heavy atom. The van der Waals surface area contributed by atoms with Crippen LogP contribution in [0.5, 0.6) is 0 Å². The average Bonchev–Trinajstić information content (AvgIpc) is 3.28. The van der Waals surface area contributed by atoms with Crippen molar-refractivity contribution in [3.63, 3.8) is 0 Å². The molecule has 28 heteroatoms. The molecule has 0 aliphatic carbocycles. The summed E-state index contributed by atoms with van der Waals surface area (Å²) in [6.07, 6.45) is 11.1. The van der Waals surface area contributed by atoms with Gasteiger partial charge in [0.2, 0.25) is 27.7 Å². The summed E-state index contributed by atoms with van der Waals surface area (Å²) in [7, 11) is -3.12. The molecule has 1 aliphatic heterocycles. The number of carbonyl (C=O) groups excluding carboxylic acids is 2. The number of carbonyl (C=O) groups is 2. The molecule has 6 aromatic rings. The van der Waals surface area contributed by atoms with E-state index in [0.29, 0.717) is 102 Å². The molecule has 6 aromatic heterocycles. The van der Waals surface area contributed by atoms with Gasteiger partial charge in [-0.3, -0.25) is 9.52 Å². The van der Waals surface area contributed by atoms with E-state index in [1.54, 1.807) is 50.0 Å². The maximum absolute atomic E-state index is 10.6. The van der Waals surface area contributed by atoms with Gasteiger partial charge in [0.15, 0.2) is 29.4 Å². The van der Waals surface area contributed by atoms with Crippen LogP contribution in [0.1, 0.15) is 221 Å². The molecule has 0 saturated carbocycles. The first-order valence-corrected chi connectivity index (χ1v) is 33.5. The number of anilines is 5. The molecule has 92 heavy (non-hydrogen) atoms. The van der Waals surface area contributed by atoms with Gasteiger partial charge in [-0.2, -0.15) is 0 Å². The van der Waals surface area contributed by atoms with E-state index >= 15 is 0 Å². The van der Waals surface area contributed by atoms with E-state index in [2.05, 4.69) is 129 Å². The summed E-state index contributed by atoms with van der Waals surface area (Å²) in [5, 5.41) is 24.5. The summed E-state index contributed by atoms with van der Waals surface area (Å²) in [5.41, 5.74) is 24.4. The number of nitrogens with two attached hydrogens (primary N) is 4. The van der Waals surface area contributed by atoms with Crippen LogP contribution in [0.3, 0.4) is 0 Å². The van der Waals surface area contributed by atoms with Crippen molar-refractivity contribution in [2.45, 2.75) is 188 Å². The number of ketones is 1. The molecule has 15 N–H and O–H groups in total. The molecule has 0 aromatic carbocycles. The highest BCUT2D eigenvalue weighted by Crippen LogP contribution is 2.22. The Kier molecular flexibility index (Phi) is 46.7. The van der Waals surface area contributed by atoms with Gasteiger partial charge in [-0.1, -0.05) is 157 Å². The molecule has 0 spiro atoms. The number of hydrogen-bond acceptors (Lipinski definition) is 24. The van der Waals surface area contributed by atoms with E-state index in [-0.39, 0.29) is 49.3 Å². The van der Waals surface area contributed by atoms with Gasteiger partial charge in [-0.15, -0.1) is 11.3 Å². The van der Waals surface area contributed by atoms with Gasteiger partial charge in [0, 0.05) is 84.6 Å². The van der Waals surface area contributed by atoms with Gasteiger partial charge in [-0.25, -0.2) is 48.1 Å². The Labute approximate surface area is 553 Å². The molecule has 524 valence electrons. The number of aryl methyl sites for hydroxylation is 1. The number of nitrogen functional groups attached to an aromatic ring is 3. The summed E-state index contributed by atoms with van der Waals surface area (Å²) in [6, 6.07) is 0. The van der Waals surface area contributed by atoms with Gasteiger partial charge in [0.25, 0.3) is 0 Å². The molecule has 0 radical (unpaired) electrons. The SMILES string of the molecule is C=C(C)C(C)C.C=C(NS(C)(=O)=O)C(C)C.CC(C)C(=O)CO.CC(C)C1=NCC(=O)O1.CC(C)c1ncc(N)[nH]1.CC(C)c1ncc(N)o1.CC(C)c1ncc(N)s1.CC(C)c1ncc(NCCN)o1.CC(C)c1ncc(NCCO)o1.Cc1cnc(C(C)C)[nH]1. The molecule has 0 unspecified atom stereocenters. The number of sulfonamides is 1. The number of imidazole rings is 2. The molecule has 0 bridgehead atoms. The van der Waals surface area contributed by atoms with Gasteiger partial charge in [-0.05, 0) is 25.7 Å². The maximum atomic E-state index is 10.6. The number of aliphatic imine (C=N–C) groups is 1. The number of allylic oxidation sites excluding steroid dienone is 2. The Morgan fingerprint density at radius 1 is 0.630 bits per heavy atom. The van der Waals surface area contributed by atoms with Gasteiger partial charge in [0.1, 0.15) is 35.6 Å². The quantitative estimate of drug-likeness (QED) is 0.0265. The second-order valence-electron chi connectivity index (χ2n) is 23.9. The standard InChI is InChI=1S/C8H15N3O.C8H14N2O2.C7H12N2.C6H11N3.C6H10N2O.C6H10N2S.C6H13NO2S.C6H9NO2.C6H12.C5H10O2/c1-6(2)8-11-5-7(12-8)10-4-3-9;1-6(2)8-10-5-7(12-8)9-3-4-11;1-5(2)7-8-4-6(3)9-7;3*1-4(2)6-8-3-5(7)9-6;1-5(2)6(3)7-10(4,8)9;1-4(2)6-7-3-5(8)9-6;1-5(2)6(3)4;1-4(2)5(7)3-6/h5-6,10H,3-4,9H2,1-2H3;5-6,9,11H,3-4H2,1-2H3;4-5H,1-3H3,(H,8,9);3-4H,7H2,1-2H3,(H,8,9);2*3-4H,7H2,1-2H3;5,7H,3H2,1-2,4H3;4H,3H2,1-2H3;6H,1H2,2-4H3;4,6H,3H2,1-2H3. The second kappa shape index (κ2) is 48.4. The summed E-state index contributed by atoms with van der Waals surface area (Å²) >= 11 is 1.56. The fourth-order valence-corrected chi connectivity index (χ4v) is 6.72. The zero-order chi connectivity index (χ0) is 71.6. The maximum Gasteiger partial charge on any atom is 0.334 e. The lowest BCUT2D eigenvalue weighted by Gasteiger charge is -2.09. The van der Waals surface area contributed by atoms with Crippen molar-refractivity contribution in [3.05, 3.63) is 102 Å². The number of nitrogens with one attached hydrogen (secondary N) is 5. The van der Waals surface area contributed by atoms with Crippen LogP contribution in [0.4, 0.5) is 28.5 Å². The number of rotatable bonds is 19. The van der Waals surface area contributed by atoms with E-state index in [1.807, 2.05) is 89.3 Å². The van der Waals surface area contributed by atoms with E-state index in [0.717, 1.165) is 45.4 Å². The third kappa shape index (κ3) is 45.0. The highest BCUT2D eigenvalue weighted by Gasteiger charge is 2.18. The predicted octanol–water partition coefficient (Wildman–Crippen LogP) is 12.3. The van der Waals surface area contributed by atoms with Crippen molar-refractivity contribution < 1.29 is 46.2 Å². The van der Waals surface area contributed by atoms with Crippen LogP contribution in [0.15, 0.2) is 79.9 Å². The third-order valence-corrected chi connectivity index (χ3v) is 13.0. The van der Waals surface area contributed by atoms with Crippen LogP contribution in [-0.2, 0) is 24.3 Å². The minimum atomic E-state index is -3.12. The number of H-pyrrole nitrogens is 2. The van der Waals surface area contributed by atoms with E-state index in [4.69, 9.17) is 51.1 Å². The van der Waals surface area contributed by atoms with Gasteiger partial charge < -0.3 is 71.7 Å². The Bertz CT molecular complexity index is 2830. The summed E-state index contributed by atoms with van der Waals surface area (Å²) < 4.78 is 43.9. The molecular formula is C64H116N16O10S2. The van der Waals surface area contributed by atoms with Crippen molar-refractivity contribution in [1.82, 2.24) is 44.6 Å². The zero-order valence-corrected chi connectivity index (χ0v) is 60.9. The first-order valence-electron chi connectivity index (χ1n) is 30.8. The van der Waals surface area contributed by atoms with Crippen molar-refractivity contribution in [1.29, 1.82) is 0 Å². The number of thiazole rings is 1. The lowest BCUT2D eigenvalue weighted by Crippen LogP contribution is -2.23. The summed E-state index contributed by atoms with van der Waals surface area (Å²) in [4.78, 5) is 55.0. The number of aliphatic hydroxyl groups is 2. The molecule has 0 saturated heterocycles. The minimum absolute atomic E-state index is 0.0231. The normalized spacial score (nSPS) is 11.3. The molecule has 7 rings (SSSR count). The van der Waals surface area contributed by atoms with Crippen molar-refractivity contribution in [2.24, 2.45) is 34.4 Å². The number of aromatic nitrogens is 8. The topological polar surface area (TPSA) is 419 Å². The van der Waals surface area contributed by atoms with Crippen LogP contribution < -0.4 is 38.3 Å². The van der Waals surface area contributed by atoms with Crippen molar-refractivity contribution in [2.75, 3.05) is 73.5 Å². The lowest BCUT2D eigenvalue weighted by atomic mass is 10.1. The number of Topliss-reactive ketones (excluding diaryl/α,β-unsaturated/α-hetero) is 1. The zero-order valence-electron chi connectivity index (χ0n) is 59.3. The number of aromatic amines is 2. The number of ether oxygens (including phenoxy) is 1. The Balaban J connectivity index is -0.000000962. The molecule has 0 atom stereocenters. The third-order valence-electron chi connectivity index (χ3n) is 11.3. The first-order chi connectivity index (χ1) is 42.6. The molecule has 7 heterocycles. The van der Waals surface area contributed by atoms with E-state index in [9.17, 15) is 18.0 Å². The second-order valence-corrected chi connectivity index (χ2v) is 26.8. The number of nitrogens with zero attached hydrogens (tertiary/aromatic N) is 7. The van der Waals surface area contributed by atoms with Crippen LogP contribution >= 0.6 is 11.3 Å². The largest absolute Gasteiger partial charge is 0.425 e. The Hall–Kier alpha value is -7.40. The number of oxazole rings is 3. The molecule has 0 amide bonds. The van der Waals surface area contributed by atoms with Crippen molar-refractivity contribution >= 4 is 67.5 Å². The number of cyclic esters (lactones) is 1. The number of hydrogen-bond donors (Lipinski definition) is 11. The summed E-state index contributed by atoms with van der Waals surface area (Å²) in [5.74, 6) is 10.2. The van der Waals surface area contributed by atoms with Crippen LogP contribution in [-0.4, -0.2) is 122 Å². The smallest absolute Gasteiger partial charge is 0.334 e. The van der Waals surface area contributed by atoms with Crippen LogP contribution in [0.2, 0.25) is 0 Å². The summed E-state index contributed by atoms with van der Waals surface area (Å²) in [6.45, 7) is 53.3. The van der Waals surface area contributed by atoms with Crippen LogP contribution in [0.25, 0.3) is 0 Å². The molecular weight excluding hydrogens is 1220 g/mol. The lowest BCUT2D eigenvalue weighted by molar-refractivity contribution is -0.132. The number of aliphatic hydroxyl groups excluding tert-OH is 2. The fourth-order valence-electron chi connectivity index (χ4n) is 5.32. The average molecular weight is 1330 g/mol. The fraction of sp³-hybridized carbons (Fsp3) is 0.609. The van der Waals surface area contributed by atoms with Gasteiger partial charge >= 0.3 is 5.97 Å².